The van der Waals surface area contributed by atoms with Gasteiger partial charge in [-0.1, -0.05) is 18.2 Å². The number of nitrogens with zero attached hydrogens (tertiary/aromatic N) is 1. The number of guanidine groups is 1. The summed E-state index contributed by atoms with van der Waals surface area (Å²) in [6, 6.07) is 9.72. The molecule has 1 aromatic heterocycles. The van der Waals surface area contributed by atoms with Gasteiger partial charge in [-0.05, 0) is 24.6 Å². The van der Waals surface area contributed by atoms with Gasteiger partial charge in [0.05, 0.1) is 12.9 Å². The van der Waals surface area contributed by atoms with Gasteiger partial charge in [-0.2, -0.15) is 0 Å². The minimum absolute atomic E-state index is 0. The predicted molar refractivity (Wildman–Crippen MR) is 95.0 cm³/mol. The molecule has 5 nitrogen and oxygen atoms in total. The van der Waals surface area contributed by atoms with Gasteiger partial charge in [-0.15, -0.1) is 24.0 Å². The van der Waals surface area contributed by atoms with Crippen LogP contribution in [0.3, 0.4) is 0 Å². The van der Waals surface area contributed by atoms with Crippen LogP contribution in [0.2, 0.25) is 0 Å². The van der Waals surface area contributed by atoms with E-state index in [1.54, 1.807) is 13.4 Å². The molecule has 0 radical (unpaired) electrons. The van der Waals surface area contributed by atoms with Gasteiger partial charge in [0.1, 0.15) is 12.3 Å². The summed E-state index contributed by atoms with van der Waals surface area (Å²) >= 11 is 0. The molecule has 1 aromatic carbocycles. The van der Waals surface area contributed by atoms with Crippen LogP contribution in [-0.2, 0) is 17.9 Å². The highest BCUT2D eigenvalue weighted by Gasteiger charge is 2.04. The highest BCUT2D eigenvalue weighted by atomic mass is 127. The van der Waals surface area contributed by atoms with E-state index >= 15 is 0 Å². The van der Waals surface area contributed by atoms with E-state index in [1.807, 2.05) is 37.3 Å². The molecule has 0 fully saturated rings. The number of hydrogen-bond acceptors (Lipinski definition) is 3. The highest BCUT2D eigenvalue weighted by molar-refractivity contribution is 14.0. The number of methoxy groups -OCH3 is 1. The summed E-state index contributed by atoms with van der Waals surface area (Å²) in [4.78, 5) is 4.27. The number of nitrogens with one attached hydrogen (secondary N) is 1. The number of ether oxygens (including phenoxy) is 1. The minimum Gasteiger partial charge on any atom is -0.467 e. The third-order valence-corrected chi connectivity index (χ3v) is 2.94. The number of halogens is 1. The number of aliphatic imine (C=N–C) groups is 1. The van der Waals surface area contributed by atoms with Crippen molar-refractivity contribution in [3.8, 4) is 0 Å². The van der Waals surface area contributed by atoms with Crippen LogP contribution < -0.4 is 11.1 Å². The molecule has 114 valence electrons. The van der Waals surface area contributed by atoms with Crippen LogP contribution >= 0.6 is 24.0 Å². The molecule has 0 spiro atoms. The molecule has 0 saturated heterocycles. The third-order valence-electron chi connectivity index (χ3n) is 2.94. The largest absolute Gasteiger partial charge is 0.467 e. The van der Waals surface area contributed by atoms with Gasteiger partial charge in [0.15, 0.2) is 5.96 Å². The Morgan fingerprint density at radius 3 is 2.76 bits per heavy atom. The van der Waals surface area contributed by atoms with E-state index in [9.17, 15) is 0 Å². The Kier molecular flexibility index (Phi) is 7.24. The molecule has 0 aliphatic carbocycles. The average Bonchev–Trinajstić information content (AvgIpc) is 2.84. The second kappa shape index (κ2) is 8.68. The van der Waals surface area contributed by atoms with Crippen molar-refractivity contribution in [2.75, 3.05) is 12.4 Å². The molecule has 0 unspecified atom stereocenters. The van der Waals surface area contributed by atoms with Crippen LogP contribution in [0.15, 0.2) is 46.0 Å². The van der Waals surface area contributed by atoms with Gasteiger partial charge in [0.2, 0.25) is 0 Å². The van der Waals surface area contributed by atoms with Crippen LogP contribution in [0.5, 0.6) is 0 Å². The Morgan fingerprint density at radius 1 is 1.33 bits per heavy atom. The number of benzene rings is 1. The Morgan fingerprint density at radius 2 is 2.10 bits per heavy atom. The van der Waals surface area contributed by atoms with Gasteiger partial charge in [0.25, 0.3) is 0 Å². The molecular formula is C15H20IN3O2. The van der Waals surface area contributed by atoms with Crippen LogP contribution in [0, 0.1) is 6.92 Å². The topological polar surface area (TPSA) is 72.8 Å². The van der Waals surface area contributed by atoms with Crippen molar-refractivity contribution in [3.63, 3.8) is 0 Å². The molecule has 0 aliphatic heterocycles. The molecule has 6 heteroatoms. The molecule has 0 amide bonds. The highest BCUT2D eigenvalue weighted by Crippen LogP contribution is 2.15. The molecular weight excluding hydrogens is 381 g/mol. The smallest absolute Gasteiger partial charge is 0.193 e. The van der Waals surface area contributed by atoms with Crippen LogP contribution in [-0.4, -0.2) is 13.1 Å². The van der Waals surface area contributed by atoms with E-state index < -0.39 is 0 Å². The fraction of sp³-hybridized carbons (Fsp3) is 0.267. The fourth-order valence-electron chi connectivity index (χ4n) is 1.82. The lowest BCUT2D eigenvalue weighted by atomic mass is 10.2. The first-order valence-corrected chi connectivity index (χ1v) is 6.37. The lowest BCUT2D eigenvalue weighted by molar-refractivity contribution is 0.185. The summed E-state index contributed by atoms with van der Waals surface area (Å²) in [7, 11) is 1.66. The molecule has 3 N–H and O–H groups in total. The van der Waals surface area contributed by atoms with Crippen molar-refractivity contribution in [3.05, 3.63) is 53.5 Å². The number of anilines is 1. The van der Waals surface area contributed by atoms with E-state index in [0.29, 0.717) is 19.1 Å². The summed E-state index contributed by atoms with van der Waals surface area (Å²) in [5, 5.41) is 3.08. The Bertz CT molecular complexity index is 596. The van der Waals surface area contributed by atoms with Gasteiger partial charge in [-0.25, -0.2) is 4.99 Å². The standard InChI is InChI=1S/C15H19N3O2.HI/c1-11-7-8-20-14(11)9-17-15(16)18-13-6-4-3-5-12(13)10-19-2;/h3-8H,9-10H2,1-2H3,(H3,16,17,18);1H. The van der Waals surface area contributed by atoms with Gasteiger partial charge >= 0.3 is 0 Å². The van der Waals surface area contributed by atoms with E-state index in [1.165, 1.54) is 0 Å². The van der Waals surface area contributed by atoms with Crippen molar-refractivity contribution in [1.29, 1.82) is 0 Å². The molecule has 0 bridgehead atoms. The number of hydrogen-bond donors (Lipinski definition) is 2. The van der Waals surface area contributed by atoms with Crippen molar-refractivity contribution in [2.24, 2.45) is 10.7 Å². The van der Waals surface area contributed by atoms with Crippen molar-refractivity contribution >= 4 is 35.6 Å². The number of furan rings is 1. The van der Waals surface area contributed by atoms with Gasteiger partial charge < -0.3 is 20.2 Å². The maximum atomic E-state index is 5.89. The number of aryl methyl sites for hydroxylation is 1. The fourth-order valence-corrected chi connectivity index (χ4v) is 1.82. The summed E-state index contributed by atoms with van der Waals surface area (Å²) in [6.07, 6.45) is 1.65. The molecule has 1 heterocycles. The number of nitrogens with two attached hydrogens (primary N) is 1. The van der Waals surface area contributed by atoms with Gasteiger partial charge in [0, 0.05) is 18.4 Å². The monoisotopic (exact) mass is 401 g/mol. The Hall–Kier alpha value is -1.54. The first-order valence-electron chi connectivity index (χ1n) is 6.37. The minimum atomic E-state index is 0. The molecule has 0 aliphatic rings. The second-order valence-corrected chi connectivity index (χ2v) is 4.44. The third kappa shape index (κ3) is 5.05. The molecule has 0 atom stereocenters. The zero-order chi connectivity index (χ0) is 14.4. The summed E-state index contributed by atoms with van der Waals surface area (Å²) in [6.45, 7) is 2.92. The van der Waals surface area contributed by atoms with Crippen molar-refractivity contribution in [1.82, 2.24) is 0 Å². The Balaban J connectivity index is 0.00000220. The lowest BCUT2D eigenvalue weighted by Gasteiger charge is -2.10. The first-order chi connectivity index (χ1) is 9.70. The molecule has 21 heavy (non-hydrogen) atoms. The quantitative estimate of drug-likeness (QED) is 0.458. The van der Waals surface area contributed by atoms with E-state index in [4.69, 9.17) is 14.9 Å². The summed E-state index contributed by atoms with van der Waals surface area (Å²) in [5.41, 5.74) is 8.89. The zero-order valence-corrected chi connectivity index (χ0v) is 14.5. The second-order valence-electron chi connectivity index (χ2n) is 4.44. The lowest BCUT2D eigenvalue weighted by Crippen LogP contribution is -2.23. The number of rotatable bonds is 5. The zero-order valence-electron chi connectivity index (χ0n) is 12.1. The Labute approximate surface area is 141 Å². The number of para-hydroxylation sites is 1. The summed E-state index contributed by atoms with van der Waals surface area (Å²) < 4.78 is 10.5. The molecule has 2 aromatic rings. The average molecular weight is 401 g/mol. The predicted octanol–water partition coefficient (Wildman–Crippen LogP) is 3.28. The van der Waals surface area contributed by atoms with E-state index in [2.05, 4.69) is 10.3 Å². The van der Waals surface area contributed by atoms with Crippen LogP contribution in [0.4, 0.5) is 5.69 Å². The van der Waals surface area contributed by atoms with Crippen LogP contribution in [0.1, 0.15) is 16.9 Å². The molecule has 0 saturated carbocycles. The van der Waals surface area contributed by atoms with Crippen LogP contribution in [0.25, 0.3) is 0 Å². The normalized spacial score (nSPS) is 11.0. The van der Waals surface area contributed by atoms with Crippen molar-refractivity contribution in [2.45, 2.75) is 20.1 Å². The van der Waals surface area contributed by atoms with E-state index in [0.717, 1.165) is 22.6 Å². The van der Waals surface area contributed by atoms with Crippen molar-refractivity contribution < 1.29 is 9.15 Å². The maximum Gasteiger partial charge on any atom is 0.193 e. The van der Waals surface area contributed by atoms with E-state index in [-0.39, 0.29) is 24.0 Å². The molecule has 2 rings (SSSR count). The SMILES string of the molecule is COCc1ccccc1NC(N)=NCc1occc1C.I. The summed E-state index contributed by atoms with van der Waals surface area (Å²) in [5.74, 6) is 1.17. The van der Waals surface area contributed by atoms with Gasteiger partial charge in [-0.3, -0.25) is 0 Å². The maximum absolute atomic E-state index is 5.89. The first kappa shape index (κ1) is 17.5.